The van der Waals surface area contributed by atoms with E-state index < -0.39 is 0 Å². The molecule has 126 valence electrons. The summed E-state index contributed by atoms with van der Waals surface area (Å²) in [6.45, 7) is 3.12. The van der Waals surface area contributed by atoms with Gasteiger partial charge in [0, 0.05) is 18.5 Å². The zero-order chi connectivity index (χ0) is 17.2. The zero-order valence-corrected chi connectivity index (χ0v) is 13.7. The van der Waals surface area contributed by atoms with E-state index in [1.54, 1.807) is 18.3 Å². The van der Waals surface area contributed by atoms with Gasteiger partial charge in [-0.2, -0.15) is 0 Å². The molecule has 25 heavy (non-hydrogen) atoms. The lowest BCUT2D eigenvalue weighted by Crippen LogP contribution is -2.28. The fourth-order valence-corrected chi connectivity index (χ4v) is 2.77. The largest absolute Gasteiger partial charge is 0.493 e. The SMILES string of the molecule is CCNC(=O)Nc1ccc2ncc(-c3ccc4c(c3)CCO4)nc2n1. The number of carbonyl (C=O) groups excluding carboxylic acids is 1. The molecule has 0 spiro atoms. The Morgan fingerprint density at radius 3 is 3.04 bits per heavy atom. The molecule has 3 aromatic rings. The van der Waals surface area contributed by atoms with Gasteiger partial charge in [-0.3, -0.25) is 10.3 Å². The number of benzene rings is 1. The highest BCUT2D eigenvalue weighted by atomic mass is 16.5. The molecule has 2 amide bonds. The Labute approximate surface area is 144 Å². The molecule has 1 aliphatic rings. The number of urea groups is 1. The van der Waals surface area contributed by atoms with Crippen molar-refractivity contribution in [1.29, 1.82) is 0 Å². The number of rotatable bonds is 3. The average molecular weight is 335 g/mol. The van der Waals surface area contributed by atoms with Crippen LogP contribution in [0, 0.1) is 0 Å². The van der Waals surface area contributed by atoms with Gasteiger partial charge >= 0.3 is 6.03 Å². The molecule has 0 saturated heterocycles. The van der Waals surface area contributed by atoms with Gasteiger partial charge in [-0.05, 0) is 42.8 Å². The van der Waals surface area contributed by atoms with E-state index >= 15 is 0 Å². The van der Waals surface area contributed by atoms with Crippen molar-refractivity contribution in [1.82, 2.24) is 20.3 Å². The molecule has 0 atom stereocenters. The van der Waals surface area contributed by atoms with Gasteiger partial charge in [0.25, 0.3) is 0 Å². The summed E-state index contributed by atoms with van der Waals surface area (Å²) in [7, 11) is 0. The van der Waals surface area contributed by atoms with E-state index in [1.165, 1.54) is 5.56 Å². The number of nitrogens with one attached hydrogen (secondary N) is 2. The molecule has 0 unspecified atom stereocenters. The number of hydrogen-bond acceptors (Lipinski definition) is 5. The van der Waals surface area contributed by atoms with Crippen LogP contribution in [-0.4, -0.2) is 34.1 Å². The van der Waals surface area contributed by atoms with Crippen molar-refractivity contribution in [3.05, 3.63) is 42.1 Å². The van der Waals surface area contributed by atoms with Crippen LogP contribution < -0.4 is 15.4 Å². The minimum absolute atomic E-state index is 0.294. The number of pyridine rings is 1. The first-order chi connectivity index (χ1) is 12.2. The Balaban J connectivity index is 1.67. The van der Waals surface area contributed by atoms with Crippen molar-refractivity contribution in [3.8, 4) is 17.0 Å². The lowest BCUT2D eigenvalue weighted by molar-refractivity contribution is 0.252. The molecule has 7 heteroatoms. The standard InChI is InChI=1S/C18H17N5O2/c1-2-19-18(24)23-16-6-4-13-17(22-16)21-14(10-20-13)11-3-5-15-12(9-11)7-8-25-15/h3-6,9-10H,2,7-8H2,1H3,(H2,19,21,22,23,24). The third-order valence-electron chi connectivity index (χ3n) is 3.97. The van der Waals surface area contributed by atoms with Crippen LogP contribution in [-0.2, 0) is 6.42 Å². The number of aromatic nitrogens is 3. The van der Waals surface area contributed by atoms with Crippen molar-refractivity contribution in [2.24, 2.45) is 0 Å². The summed E-state index contributed by atoms with van der Waals surface area (Å²) in [4.78, 5) is 25.0. The fourth-order valence-electron chi connectivity index (χ4n) is 2.77. The molecule has 1 aliphatic heterocycles. The molecule has 4 rings (SSSR count). The van der Waals surface area contributed by atoms with E-state index in [2.05, 4.69) is 31.7 Å². The van der Waals surface area contributed by atoms with Crippen LogP contribution in [0.2, 0.25) is 0 Å². The molecular formula is C18H17N5O2. The summed E-state index contributed by atoms with van der Waals surface area (Å²) in [6.07, 6.45) is 2.64. The van der Waals surface area contributed by atoms with Gasteiger partial charge in [0.2, 0.25) is 0 Å². The number of nitrogens with zero attached hydrogens (tertiary/aromatic N) is 3. The Bertz CT molecular complexity index is 957. The first kappa shape index (κ1) is 15.3. The molecule has 3 heterocycles. The van der Waals surface area contributed by atoms with Gasteiger partial charge in [0.1, 0.15) is 17.1 Å². The van der Waals surface area contributed by atoms with Crippen LogP contribution in [0.5, 0.6) is 5.75 Å². The summed E-state index contributed by atoms with van der Waals surface area (Å²) in [5, 5.41) is 5.35. The van der Waals surface area contributed by atoms with Gasteiger partial charge in [-0.1, -0.05) is 0 Å². The summed E-state index contributed by atoms with van der Waals surface area (Å²) in [6, 6.07) is 9.21. The van der Waals surface area contributed by atoms with E-state index in [0.717, 1.165) is 30.0 Å². The molecule has 2 N–H and O–H groups in total. The molecular weight excluding hydrogens is 318 g/mol. The summed E-state index contributed by atoms with van der Waals surface area (Å²) in [5.41, 5.74) is 4.06. The highest BCUT2D eigenvalue weighted by Crippen LogP contribution is 2.30. The third kappa shape index (κ3) is 3.08. The maximum atomic E-state index is 11.6. The smallest absolute Gasteiger partial charge is 0.320 e. The molecule has 0 radical (unpaired) electrons. The molecule has 0 fully saturated rings. The van der Waals surface area contributed by atoms with Gasteiger partial charge in [-0.15, -0.1) is 0 Å². The predicted octanol–water partition coefficient (Wildman–Crippen LogP) is 2.77. The van der Waals surface area contributed by atoms with Crippen molar-refractivity contribution in [2.75, 3.05) is 18.5 Å². The van der Waals surface area contributed by atoms with Gasteiger partial charge in [0.05, 0.1) is 18.5 Å². The Morgan fingerprint density at radius 1 is 1.24 bits per heavy atom. The molecule has 0 bridgehead atoms. The van der Waals surface area contributed by atoms with Crippen molar-refractivity contribution in [3.63, 3.8) is 0 Å². The monoisotopic (exact) mass is 335 g/mol. The number of amides is 2. The normalized spacial score (nSPS) is 12.5. The van der Waals surface area contributed by atoms with Gasteiger partial charge < -0.3 is 10.1 Å². The van der Waals surface area contributed by atoms with Crippen LogP contribution in [0.15, 0.2) is 36.5 Å². The maximum Gasteiger partial charge on any atom is 0.320 e. The molecule has 7 nitrogen and oxygen atoms in total. The van der Waals surface area contributed by atoms with E-state index in [9.17, 15) is 4.79 Å². The third-order valence-corrected chi connectivity index (χ3v) is 3.97. The van der Waals surface area contributed by atoms with Crippen molar-refractivity contribution < 1.29 is 9.53 Å². The van der Waals surface area contributed by atoms with Crippen molar-refractivity contribution in [2.45, 2.75) is 13.3 Å². The van der Waals surface area contributed by atoms with Crippen LogP contribution in [0.4, 0.5) is 10.6 Å². The summed E-state index contributed by atoms with van der Waals surface area (Å²) in [5.74, 6) is 1.37. The summed E-state index contributed by atoms with van der Waals surface area (Å²) < 4.78 is 5.54. The number of hydrogen-bond donors (Lipinski definition) is 2. The second kappa shape index (κ2) is 6.35. The minimum atomic E-state index is -0.294. The molecule has 0 saturated carbocycles. The fraction of sp³-hybridized carbons (Fsp3) is 0.222. The Hall–Kier alpha value is -3.22. The topological polar surface area (TPSA) is 89.0 Å². The first-order valence-corrected chi connectivity index (χ1v) is 8.17. The maximum absolute atomic E-state index is 11.6. The molecule has 1 aromatic carbocycles. The summed E-state index contributed by atoms with van der Waals surface area (Å²) >= 11 is 0. The second-order valence-corrected chi connectivity index (χ2v) is 5.70. The average Bonchev–Trinajstić information content (AvgIpc) is 3.09. The van der Waals surface area contributed by atoms with Crippen LogP contribution >= 0.6 is 0 Å². The molecule has 0 aliphatic carbocycles. The zero-order valence-electron chi connectivity index (χ0n) is 13.7. The molecule has 2 aromatic heterocycles. The number of anilines is 1. The quantitative estimate of drug-likeness (QED) is 0.768. The first-order valence-electron chi connectivity index (χ1n) is 8.17. The Morgan fingerprint density at radius 2 is 2.16 bits per heavy atom. The van der Waals surface area contributed by atoms with E-state index in [0.29, 0.717) is 23.5 Å². The lowest BCUT2D eigenvalue weighted by atomic mass is 10.1. The van der Waals surface area contributed by atoms with E-state index in [1.807, 2.05) is 19.1 Å². The van der Waals surface area contributed by atoms with Gasteiger partial charge in [-0.25, -0.2) is 14.8 Å². The van der Waals surface area contributed by atoms with Crippen LogP contribution in [0.25, 0.3) is 22.4 Å². The minimum Gasteiger partial charge on any atom is -0.493 e. The second-order valence-electron chi connectivity index (χ2n) is 5.70. The number of fused-ring (bicyclic) bond motifs is 2. The Kier molecular flexibility index (Phi) is 3.89. The van der Waals surface area contributed by atoms with Crippen molar-refractivity contribution >= 4 is 23.0 Å². The van der Waals surface area contributed by atoms with Crippen LogP contribution in [0.3, 0.4) is 0 Å². The number of carbonyl (C=O) groups is 1. The number of ether oxygens (including phenoxy) is 1. The highest BCUT2D eigenvalue weighted by molar-refractivity contribution is 5.89. The van der Waals surface area contributed by atoms with Gasteiger partial charge in [0.15, 0.2) is 5.65 Å². The van der Waals surface area contributed by atoms with E-state index in [4.69, 9.17) is 4.74 Å². The van der Waals surface area contributed by atoms with Crippen LogP contribution in [0.1, 0.15) is 12.5 Å². The lowest BCUT2D eigenvalue weighted by Gasteiger charge is -2.07. The predicted molar refractivity (Wildman–Crippen MR) is 94.7 cm³/mol. The van der Waals surface area contributed by atoms with E-state index in [-0.39, 0.29) is 6.03 Å². The highest BCUT2D eigenvalue weighted by Gasteiger charge is 2.14.